The molecule has 21 heavy (non-hydrogen) atoms. The second-order valence-electron chi connectivity index (χ2n) is 5.27. The van der Waals surface area contributed by atoms with E-state index in [1.54, 1.807) is 12.1 Å². The molecule has 0 saturated heterocycles. The highest BCUT2D eigenvalue weighted by molar-refractivity contribution is 6.05. The van der Waals surface area contributed by atoms with Gasteiger partial charge in [0.25, 0.3) is 5.91 Å². The maximum Gasteiger partial charge on any atom is 0.273 e. The summed E-state index contributed by atoms with van der Waals surface area (Å²) in [6, 6.07) is 9.34. The van der Waals surface area contributed by atoms with Gasteiger partial charge < -0.3 is 4.74 Å². The van der Waals surface area contributed by atoms with E-state index in [0.717, 1.165) is 16.9 Å². The van der Waals surface area contributed by atoms with Crippen LogP contribution in [0, 0.1) is 0 Å². The van der Waals surface area contributed by atoms with Gasteiger partial charge >= 0.3 is 0 Å². The summed E-state index contributed by atoms with van der Waals surface area (Å²) in [7, 11) is 1.63. The van der Waals surface area contributed by atoms with Gasteiger partial charge in [0.05, 0.1) is 13.2 Å². The average molecular weight is 282 g/mol. The topological polar surface area (TPSA) is 34.5 Å². The van der Waals surface area contributed by atoms with E-state index in [2.05, 4.69) is 6.58 Å². The second kappa shape index (κ2) is 5.13. The zero-order valence-corrected chi connectivity index (χ0v) is 12.2. The Morgan fingerprint density at radius 2 is 2.00 bits per heavy atom. The molecule has 1 aromatic heterocycles. The molecule has 2 heterocycles. The molecule has 1 atom stereocenters. The van der Waals surface area contributed by atoms with Gasteiger partial charge in [0, 0.05) is 29.9 Å². The first-order chi connectivity index (χ1) is 10.1. The summed E-state index contributed by atoms with van der Waals surface area (Å²) in [5.41, 5.74) is 2.61. The summed E-state index contributed by atoms with van der Waals surface area (Å²) in [5, 5.41) is 1.75. The molecule has 4 nitrogen and oxygen atoms in total. The van der Waals surface area contributed by atoms with Crippen LogP contribution in [0.4, 0.5) is 0 Å². The van der Waals surface area contributed by atoms with Gasteiger partial charge in [-0.2, -0.15) is 0 Å². The highest BCUT2D eigenvalue weighted by Gasteiger charge is 2.35. The van der Waals surface area contributed by atoms with Crippen LogP contribution in [0.15, 0.2) is 54.9 Å². The van der Waals surface area contributed by atoms with Crippen LogP contribution >= 0.6 is 0 Å². The first kappa shape index (κ1) is 13.5. The monoisotopic (exact) mass is 282 g/mol. The van der Waals surface area contributed by atoms with Crippen LogP contribution in [0.25, 0.3) is 0 Å². The molecule has 0 unspecified atom stereocenters. The van der Waals surface area contributed by atoms with Crippen LogP contribution in [0.3, 0.4) is 0 Å². The van der Waals surface area contributed by atoms with Crippen LogP contribution in [-0.2, 0) is 6.42 Å². The molecule has 1 aliphatic heterocycles. The number of fused-ring (bicyclic) bond motifs is 1. The number of benzene rings is 1. The number of carbonyl (C=O) groups excluding carboxylic acids is 1. The fraction of sp³-hybridized carbons (Fsp3) is 0.235. The Kier molecular flexibility index (Phi) is 3.29. The molecule has 108 valence electrons. The second-order valence-corrected chi connectivity index (χ2v) is 5.27. The molecule has 0 bridgehead atoms. The van der Waals surface area contributed by atoms with E-state index in [1.807, 2.05) is 54.3 Å². The lowest BCUT2D eigenvalue weighted by Gasteiger charge is -2.37. The van der Waals surface area contributed by atoms with Gasteiger partial charge in [-0.15, -0.1) is 0 Å². The number of nitrogens with zero attached hydrogens (tertiary/aromatic N) is 2. The lowest BCUT2D eigenvalue weighted by molar-refractivity contribution is 0.0937. The predicted molar refractivity (Wildman–Crippen MR) is 82.3 cm³/mol. The van der Waals surface area contributed by atoms with Crippen molar-refractivity contribution in [1.82, 2.24) is 4.68 Å². The summed E-state index contributed by atoms with van der Waals surface area (Å²) in [6.45, 7) is 6.01. The van der Waals surface area contributed by atoms with Crippen molar-refractivity contribution in [3.63, 3.8) is 0 Å². The summed E-state index contributed by atoms with van der Waals surface area (Å²) in [4.78, 5) is 12.9. The highest BCUT2D eigenvalue weighted by atomic mass is 16.5. The van der Waals surface area contributed by atoms with Gasteiger partial charge in [0.2, 0.25) is 0 Å². The molecule has 2 aromatic rings. The number of amides is 1. The van der Waals surface area contributed by atoms with Crippen LogP contribution in [0.1, 0.15) is 22.8 Å². The number of ether oxygens (including phenoxy) is 1. The SMILES string of the molecule is C=C(C)[C@H]1Cc2c(OC)cccc2C(=O)N1n1cccc1. The van der Waals surface area contributed by atoms with Gasteiger partial charge in [-0.1, -0.05) is 18.2 Å². The van der Waals surface area contributed by atoms with Gasteiger partial charge in [-0.05, 0) is 31.2 Å². The number of hydrogen-bond donors (Lipinski definition) is 0. The fourth-order valence-corrected chi connectivity index (χ4v) is 2.83. The Morgan fingerprint density at radius 1 is 1.29 bits per heavy atom. The van der Waals surface area contributed by atoms with Crippen molar-refractivity contribution in [1.29, 1.82) is 0 Å². The molecule has 1 aromatic carbocycles. The summed E-state index contributed by atoms with van der Waals surface area (Å²) < 4.78 is 7.23. The molecule has 3 rings (SSSR count). The minimum atomic E-state index is -0.0753. The Morgan fingerprint density at radius 3 is 2.62 bits per heavy atom. The Bertz CT molecular complexity index is 689. The first-order valence-electron chi connectivity index (χ1n) is 6.91. The third kappa shape index (κ3) is 2.13. The predicted octanol–water partition coefficient (Wildman–Crippen LogP) is 2.78. The average Bonchev–Trinajstić information content (AvgIpc) is 3.00. The van der Waals surface area contributed by atoms with Gasteiger partial charge in [-0.25, -0.2) is 5.01 Å². The molecule has 1 aliphatic rings. The lowest BCUT2D eigenvalue weighted by atomic mass is 9.90. The highest BCUT2D eigenvalue weighted by Crippen LogP contribution is 2.31. The van der Waals surface area contributed by atoms with E-state index in [1.165, 1.54) is 0 Å². The first-order valence-corrected chi connectivity index (χ1v) is 6.91. The fourth-order valence-electron chi connectivity index (χ4n) is 2.83. The third-order valence-electron chi connectivity index (χ3n) is 3.89. The van der Waals surface area contributed by atoms with Crippen molar-refractivity contribution < 1.29 is 9.53 Å². The maximum atomic E-state index is 12.9. The standard InChI is InChI=1S/C17H18N2O2/c1-12(2)15-11-14-13(7-6-8-16(14)21-3)17(20)19(15)18-9-4-5-10-18/h4-10,15H,1,11H2,2-3H3/t15-/m1/s1. The van der Waals surface area contributed by atoms with Crippen LogP contribution in [0.5, 0.6) is 5.75 Å². The molecular formula is C17H18N2O2. The Hall–Kier alpha value is -2.49. The molecule has 1 amide bonds. The van der Waals surface area contributed by atoms with Crippen molar-refractivity contribution >= 4 is 5.91 Å². The minimum Gasteiger partial charge on any atom is -0.496 e. The molecule has 4 heteroatoms. The number of methoxy groups -OCH3 is 1. The van der Waals surface area contributed by atoms with Crippen molar-refractivity contribution in [2.75, 3.05) is 12.1 Å². The number of aromatic nitrogens is 1. The number of rotatable bonds is 3. The minimum absolute atomic E-state index is 0.0284. The lowest BCUT2D eigenvalue weighted by Crippen LogP contribution is -2.52. The van der Waals surface area contributed by atoms with Crippen LogP contribution < -0.4 is 9.75 Å². The quantitative estimate of drug-likeness (QED) is 0.811. The van der Waals surface area contributed by atoms with Gasteiger partial charge in [0.1, 0.15) is 5.75 Å². The van der Waals surface area contributed by atoms with E-state index in [-0.39, 0.29) is 11.9 Å². The molecular weight excluding hydrogens is 264 g/mol. The van der Waals surface area contributed by atoms with Crippen molar-refractivity contribution in [2.24, 2.45) is 0 Å². The number of hydrogen-bond acceptors (Lipinski definition) is 2. The zero-order valence-electron chi connectivity index (χ0n) is 12.2. The third-order valence-corrected chi connectivity index (χ3v) is 3.89. The summed E-state index contributed by atoms with van der Waals surface area (Å²) in [5.74, 6) is 0.735. The smallest absolute Gasteiger partial charge is 0.273 e. The van der Waals surface area contributed by atoms with E-state index in [9.17, 15) is 4.79 Å². The number of carbonyl (C=O) groups is 1. The van der Waals surface area contributed by atoms with Crippen molar-refractivity contribution in [3.05, 3.63) is 66.0 Å². The van der Waals surface area contributed by atoms with E-state index in [0.29, 0.717) is 12.0 Å². The van der Waals surface area contributed by atoms with Crippen LogP contribution in [-0.4, -0.2) is 23.7 Å². The maximum absolute atomic E-state index is 12.9. The van der Waals surface area contributed by atoms with E-state index < -0.39 is 0 Å². The molecule has 0 radical (unpaired) electrons. The largest absolute Gasteiger partial charge is 0.496 e. The molecule has 0 aliphatic carbocycles. The summed E-state index contributed by atoms with van der Waals surface area (Å²) in [6.07, 6.45) is 4.45. The summed E-state index contributed by atoms with van der Waals surface area (Å²) >= 11 is 0. The van der Waals surface area contributed by atoms with E-state index >= 15 is 0 Å². The Balaban J connectivity index is 2.14. The van der Waals surface area contributed by atoms with Crippen molar-refractivity contribution in [2.45, 2.75) is 19.4 Å². The van der Waals surface area contributed by atoms with Gasteiger partial charge in [-0.3, -0.25) is 9.47 Å². The van der Waals surface area contributed by atoms with Crippen molar-refractivity contribution in [3.8, 4) is 5.75 Å². The molecule has 0 spiro atoms. The Labute approximate surface area is 124 Å². The molecule has 0 fully saturated rings. The van der Waals surface area contributed by atoms with E-state index in [4.69, 9.17) is 4.74 Å². The van der Waals surface area contributed by atoms with Gasteiger partial charge in [0.15, 0.2) is 0 Å². The molecule has 0 saturated carbocycles. The van der Waals surface area contributed by atoms with Crippen LogP contribution in [0.2, 0.25) is 0 Å². The normalized spacial score (nSPS) is 17.5. The zero-order chi connectivity index (χ0) is 15.0. The molecule has 0 N–H and O–H groups in total.